The zero-order valence-electron chi connectivity index (χ0n) is 18.6. The normalized spacial score (nSPS) is 24.8. The highest BCUT2D eigenvalue weighted by Crippen LogP contribution is 2.43. The van der Waals surface area contributed by atoms with Gasteiger partial charge < -0.3 is 14.2 Å². The van der Waals surface area contributed by atoms with Gasteiger partial charge in [-0.15, -0.1) is 0 Å². The molecule has 0 spiro atoms. The molecule has 2 aromatic rings. The van der Waals surface area contributed by atoms with E-state index in [4.69, 9.17) is 14.2 Å². The van der Waals surface area contributed by atoms with Crippen molar-refractivity contribution in [2.24, 2.45) is 11.8 Å². The van der Waals surface area contributed by atoms with Gasteiger partial charge in [0.05, 0.1) is 12.0 Å². The number of ether oxygens (including phenoxy) is 3. The van der Waals surface area contributed by atoms with Crippen molar-refractivity contribution in [3.63, 3.8) is 0 Å². The van der Waals surface area contributed by atoms with Crippen LogP contribution < -0.4 is 0 Å². The maximum atomic E-state index is 12.6. The van der Waals surface area contributed by atoms with E-state index in [0.717, 1.165) is 12.0 Å². The predicted octanol–water partition coefficient (Wildman–Crippen LogP) is 4.28. The van der Waals surface area contributed by atoms with Crippen LogP contribution in [0.2, 0.25) is 0 Å². The summed E-state index contributed by atoms with van der Waals surface area (Å²) in [5.74, 6) is -1.23. The summed E-state index contributed by atoms with van der Waals surface area (Å²) >= 11 is 0. The second-order valence-corrected chi connectivity index (χ2v) is 8.58. The Labute approximate surface area is 193 Å². The zero-order chi connectivity index (χ0) is 23.2. The molecule has 5 atom stereocenters. The Kier molecular flexibility index (Phi) is 7.23. The highest BCUT2D eigenvalue weighted by molar-refractivity contribution is 5.89. The van der Waals surface area contributed by atoms with E-state index < -0.39 is 18.2 Å². The summed E-state index contributed by atoms with van der Waals surface area (Å²) in [7, 11) is 0. The molecule has 172 valence electrons. The topological polar surface area (TPSA) is 78.9 Å². The van der Waals surface area contributed by atoms with Crippen molar-refractivity contribution in [3.05, 3.63) is 83.9 Å². The minimum Gasteiger partial charge on any atom is -0.462 e. The molecule has 1 aliphatic carbocycles. The maximum absolute atomic E-state index is 12.6. The fourth-order valence-electron chi connectivity index (χ4n) is 4.68. The molecule has 1 aliphatic heterocycles. The number of hydrogen-bond donors (Lipinski definition) is 0. The van der Waals surface area contributed by atoms with Crippen LogP contribution in [0.5, 0.6) is 0 Å². The minimum atomic E-state index is -0.413. The summed E-state index contributed by atoms with van der Waals surface area (Å²) in [5.41, 5.74) is 1.64. The largest absolute Gasteiger partial charge is 0.462 e. The molecular formula is C27H28O6. The molecule has 6 heteroatoms. The van der Waals surface area contributed by atoms with E-state index in [1.54, 1.807) is 24.3 Å². The van der Waals surface area contributed by atoms with Gasteiger partial charge in [0.15, 0.2) is 0 Å². The van der Waals surface area contributed by atoms with Crippen molar-refractivity contribution in [1.29, 1.82) is 0 Å². The van der Waals surface area contributed by atoms with Gasteiger partial charge in [-0.05, 0) is 36.6 Å². The number of benzene rings is 2. The van der Waals surface area contributed by atoms with Crippen LogP contribution in [-0.4, -0.2) is 36.2 Å². The van der Waals surface area contributed by atoms with Gasteiger partial charge in [-0.25, -0.2) is 4.79 Å². The Hall–Kier alpha value is -3.41. The van der Waals surface area contributed by atoms with E-state index in [9.17, 15) is 14.4 Å². The number of fused-ring (bicyclic) bond motifs is 1. The summed E-state index contributed by atoms with van der Waals surface area (Å²) in [6.07, 6.45) is 4.86. The van der Waals surface area contributed by atoms with Gasteiger partial charge in [-0.1, -0.05) is 54.6 Å². The first-order valence-electron chi connectivity index (χ1n) is 11.3. The lowest BCUT2D eigenvalue weighted by molar-refractivity contribution is -0.144. The highest BCUT2D eigenvalue weighted by Gasteiger charge is 2.50. The summed E-state index contributed by atoms with van der Waals surface area (Å²) in [6.45, 7) is 1.39. The molecule has 2 fully saturated rings. The number of hydrogen-bond acceptors (Lipinski definition) is 6. The maximum Gasteiger partial charge on any atom is 0.338 e. The minimum absolute atomic E-state index is 0.0607. The lowest BCUT2D eigenvalue weighted by Gasteiger charge is -2.21. The second kappa shape index (κ2) is 10.5. The molecule has 0 bridgehead atoms. The van der Waals surface area contributed by atoms with E-state index in [1.807, 2.05) is 48.6 Å². The van der Waals surface area contributed by atoms with Crippen molar-refractivity contribution in [1.82, 2.24) is 0 Å². The molecular weight excluding hydrogens is 420 g/mol. The number of aryl methyl sites for hydroxylation is 1. The molecule has 2 aromatic carbocycles. The van der Waals surface area contributed by atoms with Crippen LogP contribution in [0.25, 0.3) is 0 Å². The average molecular weight is 449 g/mol. The van der Waals surface area contributed by atoms with E-state index in [2.05, 4.69) is 0 Å². The third kappa shape index (κ3) is 5.89. The average Bonchev–Trinajstić information content (AvgIpc) is 3.32. The van der Waals surface area contributed by atoms with Gasteiger partial charge in [0.25, 0.3) is 0 Å². The molecule has 33 heavy (non-hydrogen) atoms. The zero-order valence-corrected chi connectivity index (χ0v) is 18.6. The van der Waals surface area contributed by atoms with Crippen LogP contribution >= 0.6 is 0 Å². The lowest BCUT2D eigenvalue weighted by atomic mass is 9.91. The van der Waals surface area contributed by atoms with Crippen molar-refractivity contribution in [2.75, 3.05) is 0 Å². The van der Waals surface area contributed by atoms with Gasteiger partial charge in [-0.2, -0.15) is 0 Å². The van der Waals surface area contributed by atoms with Crippen molar-refractivity contribution < 1.29 is 28.6 Å². The monoisotopic (exact) mass is 448 g/mol. The molecule has 0 amide bonds. The smallest absolute Gasteiger partial charge is 0.338 e. The fourth-order valence-corrected chi connectivity index (χ4v) is 4.68. The Bertz CT molecular complexity index is 1000. The number of carbonyl (C=O) groups excluding carboxylic acids is 3. The quantitative estimate of drug-likeness (QED) is 0.341. The second-order valence-electron chi connectivity index (χ2n) is 8.58. The highest BCUT2D eigenvalue weighted by atomic mass is 16.6. The van der Waals surface area contributed by atoms with Gasteiger partial charge in [-0.3, -0.25) is 9.59 Å². The predicted molar refractivity (Wildman–Crippen MR) is 121 cm³/mol. The summed E-state index contributed by atoms with van der Waals surface area (Å²) in [6, 6.07) is 18.8. The van der Waals surface area contributed by atoms with Gasteiger partial charge in [0.1, 0.15) is 18.3 Å². The molecule has 1 heterocycles. The molecule has 0 N–H and O–H groups in total. The third-order valence-corrected chi connectivity index (χ3v) is 6.24. The van der Waals surface area contributed by atoms with Gasteiger partial charge in [0.2, 0.25) is 0 Å². The van der Waals surface area contributed by atoms with Crippen LogP contribution in [0.4, 0.5) is 0 Å². The third-order valence-electron chi connectivity index (χ3n) is 6.24. The molecule has 4 rings (SSSR count). The first kappa shape index (κ1) is 22.8. The SMILES string of the molecule is CC(=O)O[C@H](C=C[C@@H]1[C@H]2CC(=O)O[C@H]2C[C@H]1OC(=O)c1ccccc1)CCc1ccccc1. The number of rotatable bonds is 8. The summed E-state index contributed by atoms with van der Waals surface area (Å²) in [5, 5.41) is 0. The standard InChI is InChI=1S/C27H28O6/c1-18(28)31-21(13-12-19-8-4-2-5-9-19)14-15-22-23-16-26(29)32-25(23)17-24(22)33-27(30)20-10-6-3-7-11-20/h2-11,14-15,21-25H,12-13,16-17H2,1H3/t21-,22+,23+,24+,25-/m0/s1. The number of carbonyl (C=O) groups is 3. The van der Waals surface area contributed by atoms with E-state index in [0.29, 0.717) is 24.8 Å². The van der Waals surface area contributed by atoms with Crippen LogP contribution in [0.15, 0.2) is 72.8 Å². The van der Waals surface area contributed by atoms with Crippen LogP contribution in [0.1, 0.15) is 42.1 Å². The Morgan fingerprint density at radius 1 is 1.09 bits per heavy atom. The molecule has 1 saturated heterocycles. The van der Waals surface area contributed by atoms with Gasteiger partial charge >= 0.3 is 17.9 Å². The number of esters is 3. The first-order valence-corrected chi connectivity index (χ1v) is 11.3. The van der Waals surface area contributed by atoms with E-state index >= 15 is 0 Å². The molecule has 0 unspecified atom stereocenters. The van der Waals surface area contributed by atoms with Crippen LogP contribution in [0.3, 0.4) is 0 Å². The van der Waals surface area contributed by atoms with Crippen molar-refractivity contribution in [3.8, 4) is 0 Å². The van der Waals surface area contributed by atoms with E-state index in [-0.39, 0.29) is 29.9 Å². The van der Waals surface area contributed by atoms with Crippen molar-refractivity contribution in [2.45, 2.75) is 50.9 Å². The summed E-state index contributed by atoms with van der Waals surface area (Å²) in [4.78, 5) is 36.2. The Morgan fingerprint density at radius 3 is 2.48 bits per heavy atom. The molecule has 0 aromatic heterocycles. The summed E-state index contributed by atoms with van der Waals surface area (Å²) < 4.78 is 16.8. The van der Waals surface area contributed by atoms with E-state index in [1.165, 1.54) is 6.92 Å². The molecule has 0 radical (unpaired) electrons. The fraction of sp³-hybridized carbons (Fsp3) is 0.370. The lowest BCUT2D eigenvalue weighted by Crippen LogP contribution is -2.25. The molecule has 2 aliphatic rings. The van der Waals surface area contributed by atoms with Gasteiger partial charge in [0, 0.05) is 25.2 Å². The molecule has 1 saturated carbocycles. The first-order chi connectivity index (χ1) is 16.0. The Balaban J connectivity index is 1.48. The Morgan fingerprint density at radius 2 is 1.79 bits per heavy atom. The van der Waals surface area contributed by atoms with Crippen LogP contribution in [-0.2, 0) is 30.2 Å². The van der Waals surface area contributed by atoms with Crippen molar-refractivity contribution >= 4 is 17.9 Å². The van der Waals surface area contributed by atoms with Crippen LogP contribution in [0, 0.1) is 11.8 Å². The molecule has 6 nitrogen and oxygen atoms in total.